The van der Waals surface area contributed by atoms with Gasteiger partial charge in [0.1, 0.15) is 23.6 Å². The van der Waals surface area contributed by atoms with Crippen LogP contribution >= 0.6 is 11.6 Å². The van der Waals surface area contributed by atoms with Crippen LogP contribution in [0.1, 0.15) is 30.5 Å². The lowest BCUT2D eigenvalue weighted by atomic mass is 10.1. The van der Waals surface area contributed by atoms with Gasteiger partial charge in [0.05, 0.1) is 12.8 Å². The van der Waals surface area contributed by atoms with Gasteiger partial charge in [-0.05, 0) is 50.5 Å². The summed E-state index contributed by atoms with van der Waals surface area (Å²) in [4.78, 5) is 35.0. The highest BCUT2D eigenvalue weighted by molar-refractivity contribution is 6.29. The number of methoxy groups -OCH3 is 2. The first-order chi connectivity index (χ1) is 16.6. The molecule has 35 heavy (non-hydrogen) atoms. The predicted molar refractivity (Wildman–Crippen MR) is 136 cm³/mol. The third-order valence-corrected chi connectivity index (χ3v) is 5.34. The van der Waals surface area contributed by atoms with E-state index in [1.54, 1.807) is 32.3 Å². The number of nitriles is 1. The van der Waals surface area contributed by atoms with Gasteiger partial charge in [-0.15, -0.1) is 0 Å². The Kier molecular flexibility index (Phi) is 12.4. The van der Waals surface area contributed by atoms with Crippen LogP contribution in [0.5, 0.6) is 0 Å². The van der Waals surface area contributed by atoms with Gasteiger partial charge in [0.15, 0.2) is 0 Å². The van der Waals surface area contributed by atoms with Crippen molar-refractivity contribution in [3.05, 3.63) is 58.4 Å². The summed E-state index contributed by atoms with van der Waals surface area (Å²) in [6, 6.07) is 8.64. The molecular formula is C25H32ClN5O4. The Labute approximate surface area is 211 Å². The SMILES string of the molecule is CC(=NC#N)N(C)Cc1ccc(Cl)nc1.COCC(=O)N(c1c(C)cccc1C)C(C)C(=O)OC. The summed E-state index contributed by atoms with van der Waals surface area (Å²) in [5, 5.41) is 8.87. The predicted octanol–water partition coefficient (Wildman–Crippen LogP) is 3.91. The normalized spacial score (nSPS) is 11.5. The van der Waals surface area contributed by atoms with Gasteiger partial charge in [-0.3, -0.25) is 9.69 Å². The monoisotopic (exact) mass is 501 g/mol. The number of rotatable bonds is 7. The number of carbonyl (C=O) groups excluding carboxylic acids is 2. The highest BCUT2D eigenvalue weighted by Gasteiger charge is 2.29. The zero-order chi connectivity index (χ0) is 26.5. The van der Waals surface area contributed by atoms with E-state index in [1.165, 1.54) is 19.1 Å². The number of amidine groups is 1. The number of halogens is 1. The minimum absolute atomic E-state index is 0.0882. The van der Waals surface area contributed by atoms with Crippen LogP contribution in [0.25, 0.3) is 0 Å². The summed E-state index contributed by atoms with van der Waals surface area (Å²) in [5.74, 6) is -0.0626. The lowest BCUT2D eigenvalue weighted by Crippen LogP contribution is -2.46. The standard InChI is InChI=1S/C15H21NO4.C10H11ClN4/c1-10-7-6-8-11(2)14(10)16(13(17)9-19-4)12(3)15(18)20-5;1-8(14-7-12)15(2)6-9-3-4-10(11)13-5-9/h6-8,12H,9H2,1-5H3;3-5H,6H2,1-2H3. The molecule has 188 valence electrons. The maximum Gasteiger partial charge on any atom is 0.328 e. The van der Waals surface area contributed by atoms with Crippen LogP contribution in [-0.2, 0) is 25.6 Å². The largest absolute Gasteiger partial charge is 0.467 e. The number of pyridine rings is 1. The second kappa shape index (κ2) is 14.7. The Morgan fingerprint density at radius 2 is 1.83 bits per heavy atom. The number of ether oxygens (including phenoxy) is 2. The van der Waals surface area contributed by atoms with Crippen LogP contribution in [0.3, 0.4) is 0 Å². The van der Waals surface area contributed by atoms with Crippen LogP contribution in [0, 0.1) is 25.3 Å². The second-order valence-corrected chi connectivity index (χ2v) is 8.13. The summed E-state index contributed by atoms with van der Waals surface area (Å²) in [5.41, 5.74) is 3.59. The number of aryl methyl sites for hydroxylation is 2. The molecule has 0 aliphatic carbocycles. The first kappa shape index (κ1) is 29.6. The fraction of sp³-hybridized carbons (Fsp3) is 0.400. The zero-order valence-corrected chi connectivity index (χ0v) is 22.0. The molecule has 2 aromatic rings. The molecule has 0 aliphatic rings. The van der Waals surface area contributed by atoms with Crippen LogP contribution in [0.15, 0.2) is 41.5 Å². The van der Waals surface area contributed by atoms with Gasteiger partial charge in [-0.25, -0.2) is 9.78 Å². The van der Waals surface area contributed by atoms with E-state index >= 15 is 0 Å². The molecule has 9 nitrogen and oxygen atoms in total. The van der Waals surface area contributed by atoms with Crippen molar-refractivity contribution in [1.82, 2.24) is 9.88 Å². The lowest BCUT2D eigenvalue weighted by molar-refractivity contribution is -0.143. The minimum atomic E-state index is -0.706. The molecule has 0 saturated carbocycles. The highest BCUT2D eigenvalue weighted by Crippen LogP contribution is 2.27. The number of hydrogen-bond donors (Lipinski definition) is 0. The molecule has 0 saturated heterocycles. The fourth-order valence-electron chi connectivity index (χ4n) is 3.23. The van der Waals surface area contributed by atoms with Crippen LogP contribution in [0.4, 0.5) is 5.69 Å². The fourth-order valence-corrected chi connectivity index (χ4v) is 3.35. The van der Waals surface area contributed by atoms with E-state index in [0.717, 1.165) is 22.4 Å². The topological polar surface area (TPSA) is 108 Å². The Balaban J connectivity index is 0.000000365. The van der Waals surface area contributed by atoms with Crippen LogP contribution in [-0.4, -0.2) is 61.5 Å². The van der Waals surface area contributed by atoms with E-state index in [4.69, 9.17) is 26.3 Å². The molecule has 1 heterocycles. The van der Waals surface area contributed by atoms with Crippen molar-refractivity contribution in [2.75, 3.05) is 32.8 Å². The van der Waals surface area contributed by atoms with Crippen molar-refractivity contribution >= 4 is 35.0 Å². The highest BCUT2D eigenvalue weighted by atomic mass is 35.5. The number of anilines is 1. The first-order valence-electron chi connectivity index (χ1n) is 10.8. The molecule has 0 aliphatic heterocycles. The number of nitrogens with zero attached hydrogens (tertiary/aromatic N) is 5. The van der Waals surface area contributed by atoms with E-state index in [1.807, 2.05) is 50.1 Å². The summed E-state index contributed by atoms with van der Waals surface area (Å²) in [6.07, 6.45) is 3.46. The zero-order valence-electron chi connectivity index (χ0n) is 21.2. The lowest BCUT2D eigenvalue weighted by Gasteiger charge is -2.30. The molecule has 2 rings (SSSR count). The van der Waals surface area contributed by atoms with E-state index in [-0.39, 0.29) is 12.5 Å². The van der Waals surface area contributed by atoms with E-state index in [2.05, 4.69) is 9.98 Å². The maximum absolute atomic E-state index is 12.3. The number of aromatic nitrogens is 1. The molecule has 1 atom stereocenters. The van der Waals surface area contributed by atoms with Gasteiger partial charge in [0.2, 0.25) is 6.19 Å². The molecule has 1 aromatic carbocycles. The third-order valence-electron chi connectivity index (χ3n) is 5.12. The summed E-state index contributed by atoms with van der Waals surface area (Å²) in [6.45, 7) is 7.80. The number of benzene rings is 1. The average molecular weight is 502 g/mol. The molecule has 0 bridgehead atoms. The molecule has 1 unspecified atom stereocenters. The molecule has 0 fully saturated rings. The quantitative estimate of drug-likeness (QED) is 0.186. The minimum Gasteiger partial charge on any atom is -0.467 e. The summed E-state index contributed by atoms with van der Waals surface area (Å²) in [7, 11) is 4.62. The smallest absolute Gasteiger partial charge is 0.328 e. The van der Waals surface area contributed by atoms with Gasteiger partial charge in [0.25, 0.3) is 5.91 Å². The number of aliphatic imine (C=N–C) groups is 1. The second-order valence-electron chi connectivity index (χ2n) is 7.74. The van der Waals surface area contributed by atoms with Gasteiger partial charge >= 0.3 is 5.97 Å². The Morgan fingerprint density at radius 1 is 1.20 bits per heavy atom. The van der Waals surface area contributed by atoms with Gasteiger partial charge < -0.3 is 14.4 Å². The van der Waals surface area contributed by atoms with Crippen molar-refractivity contribution in [1.29, 1.82) is 5.26 Å². The molecule has 10 heteroatoms. The molecular weight excluding hydrogens is 470 g/mol. The van der Waals surface area contributed by atoms with Crippen molar-refractivity contribution in [3.8, 4) is 6.19 Å². The number of para-hydroxylation sites is 1. The van der Waals surface area contributed by atoms with Crippen LogP contribution in [0.2, 0.25) is 5.15 Å². The Hall–Kier alpha value is -3.48. The molecule has 0 radical (unpaired) electrons. The van der Waals surface area contributed by atoms with Crippen LogP contribution < -0.4 is 4.90 Å². The van der Waals surface area contributed by atoms with Gasteiger partial charge in [-0.2, -0.15) is 10.3 Å². The number of hydrogen-bond acceptors (Lipinski definition) is 7. The first-order valence-corrected chi connectivity index (χ1v) is 11.1. The number of esters is 1. The van der Waals surface area contributed by atoms with Crippen molar-refractivity contribution < 1.29 is 19.1 Å². The van der Waals surface area contributed by atoms with E-state index < -0.39 is 12.0 Å². The Morgan fingerprint density at radius 3 is 2.31 bits per heavy atom. The third kappa shape index (κ3) is 9.00. The van der Waals surface area contributed by atoms with E-state index in [9.17, 15) is 9.59 Å². The molecule has 0 N–H and O–H groups in total. The van der Waals surface area contributed by atoms with Gasteiger partial charge in [0, 0.05) is 26.9 Å². The number of amides is 1. The maximum atomic E-state index is 12.3. The molecule has 1 aromatic heterocycles. The summed E-state index contributed by atoms with van der Waals surface area (Å²) >= 11 is 5.67. The van der Waals surface area contributed by atoms with Crippen molar-refractivity contribution in [2.24, 2.45) is 4.99 Å². The van der Waals surface area contributed by atoms with Gasteiger partial charge in [-0.1, -0.05) is 35.9 Å². The van der Waals surface area contributed by atoms with Crippen molar-refractivity contribution in [2.45, 2.75) is 40.3 Å². The van der Waals surface area contributed by atoms with Crippen molar-refractivity contribution in [3.63, 3.8) is 0 Å². The Bertz CT molecular complexity index is 1050. The summed E-state index contributed by atoms with van der Waals surface area (Å²) < 4.78 is 9.65. The number of carbonyl (C=O) groups is 2. The average Bonchev–Trinajstić information content (AvgIpc) is 2.82. The van der Waals surface area contributed by atoms with E-state index in [0.29, 0.717) is 17.5 Å². The molecule has 0 spiro atoms. The molecule has 1 amide bonds.